The zero-order chi connectivity index (χ0) is 18.8. The molecule has 2 aromatic heterocycles. The van der Waals surface area contributed by atoms with E-state index in [-0.39, 0.29) is 11.5 Å². The molecule has 3 aromatic rings. The van der Waals surface area contributed by atoms with Crippen molar-refractivity contribution in [3.05, 3.63) is 70.8 Å². The van der Waals surface area contributed by atoms with Crippen LogP contribution in [0.25, 0.3) is 22.0 Å². The molecule has 1 N–H and O–H groups in total. The predicted octanol–water partition coefficient (Wildman–Crippen LogP) is 3.81. The van der Waals surface area contributed by atoms with E-state index in [1.165, 1.54) is 0 Å². The zero-order valence-corrected chi connectivity index (χ0v) is 15.4. The van der Waals surface area contributed by atoms with E-state index in [4.69, 9.17) is 0 Å². The Morgan fingerprint density at radius 2 is 1.89 bits per heavy atom. The van der Waals surface area contributed by atoms with E-state index >= 15 is 0 Å². The first-order valence-electron chi connectivity index (χ1n) is 9.40. The third kappa shape index (κ3) is 3.21. The topological polar surface area (TPSA) is 58.1 Å². The second-order valence-electron chi connectivity index (χ2n) is 6.91. The average Bonchev–Trinajstić information content (AvgIpc) is 3.39. The van der Waals surface area contributed by atoms with Gasteiger partial charge in [-0.15, -0.1) is 0 Å². The Morgan fingerprint density at radius 1 is 1.15 bits per heavy atom. The first-order valence-corrected chi connectivity index (χ1v) is 9.40. The van der Waals surface area contributed by atoms with Crippen LogP contribution in [0, 0.1) is 0 Å². The van der Waals surface area contributed by atoms with Crippen molar-refractivity contribution in [3.63, 3.8) is 0 Å². The Balaban J connectivity index is 1.73. The van der Waals surface area contributed by atoms with Crippen molar-refractivity contribution in [1.82, 2.24) is 14.5 Å². The maximum atomic E-state index is 12.6. The van der Waals surface area contributed by atoms with Crippen LogP contribution in [0.4, 0.5) is 0 Å². The Labute approximate surface area is 157 Å². The number of nitrogens with one attached hydrogen (secondary N) is 1. The number of allylic oxidation sites excluding steroid dienone is 2. The molecule has 0 aliphatic carbocycles. The van der Waals surface area contributed by atoms with E-state index in [0.717, 1.165) is 42.4 Å². The minimum absolute atomic E-state index is 0.0299. The van der Waals surface area contributed by atoms with Crippen LogP contribution in [0.1, 0.15) is 30.1 Å². The number of hydrogen-bond donors (Lipinski definition) is 1. The van der Waals surface area contributed by atoms with Gasteiger partial charge in [-0.25, -0.2) is 0 Å². The number of carbonyl (C=O) groups excluding carboxylic acids is 1. The zero-order valence-electron chi connectivity index (χ0n) is 15.4. The number of carbonyl (C=O) groups is 1. The van der Waals surface area contributed by atoms with E-state index in [9.17, 15) is 9.59 Å². The molecule has 27 heavy (non-hydrogen) atoms. The van der Waals surface area contributed by atoms with Crippen LogP contribution < -0.4 is 5.56 Å². The summed E-state index contributed by atoms with van der Waals surface area (Å²) < 4.78 is 1.71. The van der Waals surface area contributed by atoms with Crippen LogP contribution in [0.3, 0.4) is 0 Å². The number of aromatic amines is 1. The monoisotopic (exact) mass is 361 g/mol. The smallest absolute Gasteiger partial charge is 0.275 e. The van der Waals surface area contributed by atoms with Crippen molar-refractivity contribution in [1.29, 1.82) is 0 Å². The highest BCUT2D eigenvalue weighted by Crippen LogP contribution is 2.27. The lowest BCUT2D eigenvalue weighted by Crippen LogP contribution is -2.27. The third-order valence-electron chi connectivity index (χ3n) is 5.17. The first kappa shape index (κ1) is 17.3. The number of hydrogen-bond acceptors (Lipinski definition) is 2. The third-order valence-corrected chi connectivity index (χ3v) is 5.17. The maximum Gasteiger partial charge on any atom is 0.275 e. The molecule has 0 bridgehead atoms. The molecule has 1 saturated heterocycles. The highest BCUT2D eigenvalue weighted by Gasteiger charge is 2.19. The SMILES string of the molecule is C/C=C/Cn1cc(-c2ccc(C(=O)N3CCCC3)cc2)c2cc[nH]c2c1=O. The maximum absolute atomic E-state index is 12.6. The number of aromatic nitrogens is 2. The van der Waals surface area contributed by atoms with Gasteiger partial charge in [0.2, 0.25) is 0 Å². The lowest BCUT2D eigenvalue weighted by Gasteiger charge is -2.15. The molecule has 0 unspecified atom stereocenters. The molecule has 5 nitrogen and oxygen atoms in total. The number of rotatable bonds is 4. The van der Waals surface area contributed by atoms with E-state index in [1.807, 2.05) is 60.5 Å². The number of H-pyrrole nitrogens is 1. The molecule has 138 valence electrons. The minimum Gasteiger partial charge on any atom is -0.357 e. The van der Waals surface area contributed by atoms with Crippen LogP contribution in [0.5, 0.6) is 0 Å². The molecule has 1 amide bonds. The molecule has 1 aromatic carbocycles. The fourth-order valence-electron chi connectivity index (χ4n) is 3.68. The normalized spacial score (nSPS) is 14.5. The molecular formula is C22H23N3O2. The molecule has 3 heterocycles. The number of benzene rings is 1. The Morgan fingerprint density at radius 3 is 2.59 bits per heavy atom. The van der Waals surface area contributed by atoms with Gasteiger partial charge < -0.3 is 14.5 Å². The molecular weight excluding hydrogens is 338 g/mol. The van der Waals surface area contributed by atoms with Gasteiger partial charge in [-0.05, 0) is 43.5 Å². The molecule has 0 saturated carbocycles. The van der Waals surface area contributed by atoms with Crippen LogP contribution in [-0.4, -0.2) is 33.4 Å². The highest BCUT2D eigenvalue weighted by molar-refractivity contribution is 5.97. The summed E-state index contributed by atoms with van der Waals surface area (Å²) in [5, 5.41) is 0.898. The van der Waals surface area contributed by atoms with E-state index in [0.29, 0.717) is 17.6 Å². The largest absolute Gasteiger partial charge is 0.357 e. The summed E-state index contributed by atoms with van der Waals surface area (Å²) in [6.45, 7) is 4.17. The number of nitrogens with zero attached hydrogens (tertiary/aromatic N) is 2. The number of pyridine rings is 1. The quantitative estimate of drug-likeness (QED) is 0.719. The Bertz CT molecular complexity index is 1050. The lowest BCUT2D eigenvalue weighted by molar-refractivity contribution is 0.0793. The van der Waals surface area contributed by atoms with Crippen LogP contribution in [0.15, 0.2) is 59.7 Å². The summed E-state index contributed by atoms with van der Waals surface area (Å²) in [5.41, 5.74) is 3.27. The number of fused-ring (bicyclic) bond motifs is 1. The fraction of sp³-hybridized carbons (Fsp3) is 0.273. The first-order chi connectivity index (χ1) is 13.2. The van der Waals surface area contributed by atoms with Gasteiger partial charge in [-0.2, -0.15) is 0 Å². The van der Waals surface area contributed by atoms with Crippen molar-refractivity contribution in [2.45, 2.75) is 26.3 Å². The summed E-state index contributed by atoms with van der Waals surface area (Å²) in [6.07, 6.45) is 9.75. The highest BCUT2D eigenvalue weighted by atomic mass is 16.2. The lowest BCUT2D eigenvalue weighted by atomic mass is 10.0. The molecule has 5 heteroatoms. The summed E-state index contributed by atoms with van der Waals surface area (Å²) in [7, 11) is 0. The van der Waals surface area contributed by atoms with E-state index in [2.05, 4.69) is 4.98 Å². The van der Waals surface area contributed by atoms with Gasteiger partial charge in [0, 0.05) is 48.5 Å². The summed E-state index contributed by atoms with van der Waals surface area (Å²) in [4.78, 5) is 30.1. The van der Waals surface area contributed by atoms with Crippen molar-refractivity contribution in [2.75, 3.05) is 13.1 Å². The van der Waals surface area contributed by atoms with Gasteiger partial charge in [0.1, 0.15) is 5.52 Å². The molecule has 0 atom stereocenters. The minimum atomic E-state index is -0.0299. The van der Waals surface area contributed by atoms with Gasteiger partial charge in [0.05, 0.1) is 0 Å². The molecule has 1 aliphatic heterocycles. The molecule has 0 radical (unpaired) electrons. The summed E-state index contributed by atoms with van der Waals surface area (Å²) in [5.74, 6) is 0.101. The molecule has 0 spiro atoms. The van der Waals surface area contributed by atoms with Crippen LogP contribution in [0.2, 0.25) is 0 Å². The summed E-state index contributed by atoms with van der Waals surface area (Å²) >= 11 is 0. The Hall–Kier alpha value is -3.08. The molecule has 1 fully saturated rings. The van der Waals surface area contributed by atoms with Crippen LogP contribution >= 0.6 is 0 Å². The van der Waals surface area contributed by atoms with E-state index < -0.39 is 0 Å². The second-order valence-corrected chi connectivity index (χ2v) is 6.91. The number of amides is 1. The van der Waals surface area contributed by atoms with Gasteiger partial charge >= 0.3 is 0 Å². The standard InChI is InChI=1S/C22H23N3O2/c1-2-3-12-25-15-19(18-10-11-23-20(18)22(25)27)16-6-8-17(9-7-16)21(26)24-13-4-5-14-24/h2-3,6-11,15,23H,4-5,12-14H2,1H3/b3-2+. The Kier molecular flexibility index (Phi) is 4.67. The van der Waals surface area contributed by atoms with Crippen molar-refractivity contribution in [2.24, 2.45) is 0 Å². The van der Waals surface area contributed by atoms with Crippen molar-refractivity contribution >= 4 is 16.8 Å². The second kappa shape index (κ2) is 7.27. The van der Waals surface area contributed by atoms with Crippen molar-refractivity contribution < 1.29 is 4.79 Å². The molecule has 4 rings (SSSR count). The van der Waals surface area contributed by atoms with Gasteiger partial charge in [-0.3, -0.25) is 9.59 Å². The number of likely N-dealkylation sites (tertiary alicyclic amines) is 1. The summed E-state index contributed by atoms with van der Waals surface area (Å²) in [6, 6.07) is 9.63. The average molecular weight is 361 g/mol. The molecule has 1 aliphatic rings. The van der Waals surface area contributed by atoms with Gasteiger partial charge in [0.15, 0.2) is 0 Å². The van der Waals surface area contributed by atoms with Gasteiger partial charge in [-0.1, -0.05) is 24.3 Å². The predicted molar refractivity (Wildman–Crippen MR) is 108 cm³/mol. The van der Waals surface area contributed by atoms with Crippen LogP contribution in [-0.2, 0) is 6.54 Å². The van der Waals surface area contributed by atoms with Crippen molar-refractivity contribution in [3.8, 4) is 11.1 Å². The van der Waals surface area contributed by atoms with Gasteiger partial charge in [0.25, 0.3) is 11.5 Å². The fourth-order valence-corrected chi connectivity index (χ4v) is 3.68. The van der Waals surface area contributed by atoms with E-state index in [1.54, 1.807) is 10.8 Å².